The quantitative estimate of drug-likeness (QED) is 0.495. The predicted molar refractivity (Wildman–Crippen MR) is 107 cm³/mol. The van der Waals surface area contributed by atoms with Gasteiger partial charge in [0.25, 0.3) is 0 Å². The van der Waals surface area contributed by atoms with Gasteiger partial charge >= 0.3 is 0 Å². The SMILES string of the molecule is CN=Cc1c(N)nc(-c2cccc(Cl)c2)nc1Oc1ccc(Cl)c(C=O)c1. The Hall–Kier alpha value is -2.96. The van der Waals surface area contributed by atoms with Crippen molar-refractivity contribution in [2.75, 3.05) is 12.8 Å². The first-order valence-corrected chi connectivity index (χ1v) is 8.55. The van der Waals surface area contributed by atoms with E-state index in [0.717, 1.165) is 0 Å². The molecule has 0 saturated carbocycles. The maximum atomic E-state index is 11.1. The van der Waals surface area contributed by atoms with Gasteiger partial charge in [0.2, 0.25) is 5.88 Å². The van der Waals surface area contributed by atoms with Crippen molar-refractivity contribution in [3.63, 3.8) is 0 Å². The molecule has 0 unspecified atom stereocenters. The fourth-order valence-electron chi connectivity index (χ4n) is 2.34. The average Bonchev–Trinajstić information content (AvgIpc) is 2.65. The van der Waals surface area contributed by atoms with E-state index in [2.05, 4.69) is 15.0 Å². The van der Waals surface area contributed by atoms with Crippen LogP contribution < -0.4 is 10.5 Å². The second kappa shape index (κ2) is 8.16. The number of nitrogens with two attached hydrogens (primary N) is 1. The summed E-state index contributed by atoms with van der Waals surface area (Å²) >= 11 is 12.0. The second-order valence-electron chi connectivity index (χ2n) is 5.45. The lowest BCUT2D eigenvalue weighted by Crippen LogP contribution is -2.05. The van der Waals surface area contributed by atoms with Crippen LogP contribution in [0.15, 0.2) is 47.5 Å². The van der Waals surface area contributed by atoms with Crippen molar-refractivity contribution in [3.8, 4) is 23.0 Å². The van der Waals surface area contributed by atoms with Gasteiger partial charge in [-0.05, 0) is 30.3 Å². The lowest BCUT2D eigenvalue weighted by Gasteiger charge is -2.12. The number of nitrogen functional groups attached to an aromatic ring is 1. The molecule has 0 aliphatic carbocycles. The fourth-order valence-corrected chi connectivity index (χ4v) is 2.69. The highest BCUT2D eigenvalue weighted by molar-refractivity contribution is 6.33. The van der Waals surface area contributed by atoms with E-state index < -0.39 is 0 Å². The van der Waals surface area contributed by atoms with Crippen LogP contribution in [-0.4, -0.2) is 29.5 Å². The van der Waals surface area contributed by atoms with E-state index in [0.29, 0.717) is 44.6 Å². The molecular formula is C19H14Cl2N4O2. The van der Waals surface area contributed by atoms with Crippen molar-refractivity contribution in [2.24, 2.45) is 4.99 Å². The van der Waals surface area contributed by atoms with Crippen LogP contribution in [0.1, 0.15) is 15.9 Å². The molecule has 0 spiro atoms. The number of carbonyl (C=O) groups excluding carboxylic acids is 1. The molecule has 0 saturated heterocycles. The molecule has 1 heterocycles. The molecule has 1 aromatic heterocycles. The van der Waals surface area contributed by atoms with Crippen molar-refractivity contribution in [1.29, 1.82) is 0 Å². The van der Waals surface area contributed by atoms with Gasteiger partial charge in [0.05, 0.1) is 10.6 Å². The van der Waals surface area contributed by atoms with E-state index in [1.54, 1.807) is 37.4 Å². The van der Waals surface area contributed by atoms with Crippen LogP contribution in [0.2, 0.25) is 10.0 Å². The Kier molecular flexibility index (Phi) is 5.69. The standard InChI is InChI=1S/C19H14Cl2N4O2/c1-23-9-15-17(22)24-18(11-3-2-4-13(20)7-11)25-19(15)27-14-5-6-16(21)12(8-14)10-26/h2-10H,1H3,(H2,22,24,25). The van der Waals surface area contributed by atoms with Crippen LogP contribution in [0.3, 0.4) is 0 Å². The van der Waals surface area contributed by atoms with E-state index in [1.807, 2.05) is 6.07 Å². The zero-order valence-corrected chi connectivity index (χ0v) is 15.7. The van der Waals surface area contributed by atoms with Crippen molar-refractivity contribution >= 4 is 41.5 Å². The summed E-state index contributed by atoms with van der Waals surface area (Å²) in [6.07, 6.45) is 2.15. The van der Waals surface area contributed by atoms with Gasteiger partial charge in [-0.1, -0.05) is 35.3 Å². The number of carbonyl (C=O) groups is 1. The number of aliphatic imine (C=N–C) groups is 1. The Morgan fingerprint density at radius 3 is 2.67 bits per heavy atom. The van der Waals surface area contributed by atoms with Gasteiger partial charge in [-0.2, -0.15) is 4.98 Å². The highest BCUT2D eigenvalue weighted by atomic mass is 35.5. The average molecular weight is 401 g/mol. The highest BCUT2D eigenvalue weighted by Crippen LogP contribution is 2.30. The Balaban J connectivity index is 2.10. The molecule has 2 N–H and O–H groups in total. The van der Waals surface area contributed by atoms with Crippen molar-refractivity contribution in [3.05, 3.63) is 63.6 Å². The minimum absolute atomic E-state index is 0.197. The number of halogens is 2. The van der Waals surface area contributed by atoms with Gasteiger partial charge < -0.3 is 10.5 Å². The monoisotopic (exact) mass is 400 g/mol. The molecule has 0 bridgehead atoms. The third-order valence-corrected chi connectivity index (χ3v) is 4.17. The van der Waals surface area contributed by atoms with E-state index >= 15 is 0 Å². The summed E-state index contributed by atoms with van der Waals surface area (Å²) in [6, 6.07) is 11.8. The summed E-state index contributed by atoms with van der Waals surface area (Å²) in [7, 11) is 1.60. The Morgan fingerprint density at radius 1 is 1.15 bits per heavy atom. The van der Waals surface area contributed by atoms with E-state index in [4.69, 9.17) is 33.7 Å². The summed E-state index contributed by atoms with van der Waals surface area (Å²) in [4.78, 5) is 23.8. The zero-order chi connectivity index (χ0) is 19.4. The summed E-state index contributed by atoms with van der Waals surface area (Å²) in [5, 5.41) is 0.874. The van der Waals surface area contributed by atoms with Crippen molar-refractivity contribution < 1.29 is 9.53 Å². The molecule has 3 rings (SSSR count). The molecule has 0 aliphatic rings. The van der Waals surface area contributed by atoms with Gasteiger partial charge in [0, 0.05) is 29.4 Å². The van der Waals surface area contributed by atoms with Gasteiger partial charge in [0.1, 0.15) is 11.6 Å². The molecule has 8 heteroatoms. The lowest BCUT2D eigenvalue weighted by atomic mass is 10.2. The maximum absolute atomic E-state index is 11.1. The second-order valence-corrected chi connectivity index (χ2v) is 6.30. The summed E-state index contributed by atoms with van der Waals surface area (Å²) in [6.45, 7) is 0. The molecule has 0 atom stereocenters. The number of benzene rings is 2. The lowest BCUT2D eigenvalue weighted by molar-refractivity contribution is 0.112. The van der Waals surface area contributed by atoms with E-state index in [1.165, 1.54) is 12.3 Å². The van der Waals surface area contributed by atoms with Crippen LogP contribution in [0.4, 0.5) is 5.82 Å². The molecule has 2 aromatic carbocycles. The molecule has 3 aromatic rings. The zero-order valence-electron chi connectivity index (χ0n) is 14.2. The van der Waals surface area contributed by atoms with Crippen molar-refractivity contribution in [1.82, 2.24) is 9.97 Å². The topological polar surface area (TPSA) is 90.5 Å². The predicted octanol–water partition coefficient (Wildman–Crippen LogP) is 4.69. The van der Waals surface area contributed by atoms with Crippen LogP contribution >= 0.6 is 23.2 Å². The Bertz CT molecular complexity index is 1040. The summed E-state index contributed by atoms with van der Waals surface area (Å²) < 4.78 is 5.86. The third kappa shape index (κ3) is 4.24. The first-order valence-electron chi connectivity index (χ1n) is 7.80. The Morgan fingerprint density at radius 2 is 1.96 bits per heavy atom. The summed E-state index contributed by atoms with van der Waals surface area (Å²) in [5.41, 5.74) is 7.49. The molecule has 0 aliphatic heterocycles. The third-order valence-electron chi connectivity index (χ3n) is 3.59. The van der Waals surface area contributed by atoms with Gasteiger partial charge in [-0.3, -0.25) is 9.79 Å². The number of ether oxygens (including phenoxy) is 1. The first-order chi connectivity index (χ1) is 13.0. The van der Waals surface area contributed by atoms with Crippen LogP contribution in [0.5, 0.6) is 11.6 Å². The molecule has 0 radical (unpaired) electrons. The molecule has 0 fully saturated rings. The van der Waals surface area contributed by atoms with E-state index in [9.17, 15) is 4.79 Å². The van der Waals surface area contributed by atoms with Crippen LogP contribution in [0.25, 0.3) is 11.4 Å². The number of aromatic nitrogens is 2. The number of hydrogen-bond donors (Lipinski definition) is 1. The van der Waals surface area contributed by atoms with Crippen molar-refractivity contribution in [2.45, 2.75) is 0 Å². The summed E-state index contributed by atoms with van der Waals surface area (Å²) in [5.74, 6) is 1.12. The Labute approximate surface area is 165 Å². The molecule has 27 heavy (non-hydrogen) atoms. The largest absolute Gasteiger partial charge is 0.438 e. The number of rotatable bonds is 5. The fraction of sp³-hybridized carbons (Fsp3) is 0.0526. The molecule has 136 valence electrons. The minimum Gasteiger partial charge on any atom is -0.438 e. The van der Waals surface area contributed by atoms with Gasteiger partial charge in [-0.25, -0.2) is 4.98 Å². The first kappa shape index (κ1) is 18.8. The number of nitrogens with zero attached hydrogens (tertiary/aromatic N) is 3. The normalized spacial score (nSPS) is 10.9. The number of anilines is 1. The number of hydrogen-bond acceptors (Lipinski definition) is 6. The molecule has 6 nitrogen and oxygen atoms in total. The van der Waals surface area contributed by atoms with Crippen LogP contribution in [-0.2, 0) is 0 Å². The highest BCUT2D eigenvalue weighted by Gasteiger charge is 2.15. The smallest absolute Gasteiger partial charge is 0.233 e. The minimum atomic E-state index is 0.197. The van der Waals surface area contributed by atoms with Crippen LogP contribution in [0, 0.1) is 0 Å². The van der Waals surface area contributed by atoms with Gasteiger partial charge in [-0.15, -0.1) is 0 Å². The van der Waals surface area contributed by atoms with Gasteiger partial charge in [0.15, 0.2) is 12.1 Å². The number of aldehydes is 1. The maximum Gasteiger partial charge on any atom is 0.233 e. The molecule has 0 amide bonds. The van der Waals surface area contributed by atoms with E-state index in [-0.39, 0.29) is 11.7 Å². The molecular weight excluding hydrogens is 387 g/mol.